The molecule has 2 fully saturated rings. The smallest absolute Gasteiger partial charge is 0.301 e. The van der Waals surface area contributed by atoms with Crippen LogP contribution in [0.2, 0.25) is 0 Å². The second-order valence-electron chi connectivity index (χ2n) is 8.52. The monoisotopic (exact) mass is 516 g/mol. The number of aryl methyl sites for hydroxylation is 1. The molecule has 4 heterocycles. The number of nitriles is 1. The third-order valence-corrected chi connectivity index (χ3v) is 6.88. The molecule has 1 aliphatic carbocycles. The van der Waals surface area contributed by atoms with E-state index in [-0.39, 0.29) is 22.1 Å². The van der Waals surface area contributed by atoms with Crippen molar-refractivity contribution in [2.24, 2.45) is 0 Å². The van der Waals surface area contributed by atoms with Gasteiger partial charge in [-0.3, -0.25) is 18.9 Å². The molecule has 0 radical (unpaired) electrons. The maximum atomic E-state index is 15.1. The van der Waals surface area contributed by atoms with E-state index in [1.54, 1.807) is 6.92 Å². The quantitative estimate of drug-likeness (QED) is 0.387. The molecule has 0 N–H and O–H groups in total. The van der Waals surface area contributed by atoms with Crippen LogP contribution in [0.3, 0.4) is 0 Å². The van der Waals surface area contributed by atoms with Crippen LogP contribution in [0.25, 0.3) is 5.65 Å². The van der Waals surface area contributed by atoms with Crippen molar-refractivity contribution in [3.8, 4) is 6.07 Å². The predicted octanol–water partition coefficient (Wildman–Crippen LogP) is 3.74. The Morgan fingerprint density at radius 2 is 1.92 bits per heavy atom. The predicted molar refractivity (Wildman–Crippen MR) is 124 cm³/mol. The highest BCUT2D eigenvalue weighted by Gasteiger charge is 2.60. The molecule has 1 spiro atoms. The summed E-state index contributed by atoms with van der Waals surface area (Å²) in [5.74, 6) is -1.41. The molecule has 2 aliphatic rings. The van der Waals surface area contributed by atoms with E-state index in [2.05, 4.69) is 9.97 Å². The van der Waals surface area contributed by atoms with Gasteiger partial charge in [-0.2, -0.15) is 18.4 Å². The number of carbonyl (C=O) groups excluding carboxylic acids is 1. The lowest BCUT2D eigenvalue weighted by Gasteiger charge is -2.42. The van der Waals surface area contributed by atoms with Crippen molar-refractivity contribution in [1.82, 2.24) is 14.4 Å². The molecule has 0 aromatic carbocycles. The maximum Gasteiger partial charge on any atom is 0.419 e. The molecule has 1 amide bonds. The number of fused-ring (bicyclic) bond motifs is 1. The van der Waals surface area contributed by atoms with E-state index in [1.165, 1.54) is 23.2 Å². The van der Waals surface area contributed by atoms with Crippen LogP contribution < -0.4 is 15.4 Å². The zero-order valence-corrected chi connectivity index (χ0v) is 19.5. The van der Waals surface area contributed by atoms with E-state index in [0.29, 0.717) is 37.4 Å². The van der Waals surface area contributed by atoms with Gasteiger partial charge in [0.05, 0.1) is 23.1 Å². The number of carbonyl (C=O) groups is 1. The Balaban J connectivity index is 1.66. The minimum Gasteiger partial charge on any atom is -0.301 e. The summed E-state index contributed by atoms with van der Waals surface area (Å²) < 4.78 is 56.7. The Labute approximate surface area is 206 Å². The van der Waals surface area contributed by atoms with Gasteiger partial charge in [0.1, 0.15) is 11.6 Å². The zero-order valence-electron chi connectivity index (χ0n) is 18.6. The van der Waals surface area contributed by atoms with Crippen LogP contribution in [-0.2, 0) is 17.4 Å². The number of amides is 1. The van der Waals surface area contributed by atoms with Crippen molar-refractivity contribution in [2.45, 2.75) is 44.3 Å². The molecular formula is C23H16F4N6O2S. The molecule has 1 saturated carbocycles. The Bertz CT molecular complexity index is 1560. The molecule has 3 aromatic heterocycles. The fourth-order valence-electron chi connectivity index (χ4n) is 4.59. The second-order valence-corrected chi connectivity index (χ2v) is 8.89. The highest BCUT2D eigenvalue weighted by Crippen LogP contribution is 2.48. The highest BCUT2D eigenvalue weighted by atomic mass is 32.1. The number of hydrogen-bond donors (Lipinski definition) is 0. The van der Waals surface area contributed by atoms with Gasteiger partial charge in [0, 0.05) is 24.0 Å². The Hall–Kier alpha value is -3.92. The van der Waals surface area contributed by atoms with E-state index in [4.69, 9.17) is 17.5 Å². The molecule has 3 aromatic rings. The molecule has 0 atom stereocenters. The average molecular weight is 516 g/mol. The van der Waals surface area contributed by atoms with Gasteiger partial charge in [-0.15, -0.1) is 0 Å². The first kappa shape index (κ1) is 23.8. The number of pyridine rings is 2. The number of nitrogens with zero attached hydrogens (tertiary/aromatic N) is 6. The van der Waals surface area contributed by atoms with E-state index in [1.807, 2.05) is 0 Å². The first-order valence-electron chi connectivity index (χ1n) is 10.9. The minimum atomic E-state index is -4.89. The highest BCUT2D eigenvalue weighted by molar-refractivity contribution is 7.81. The van der Waals surface area contributed by atoms with Gasteiger partial charge < -0.3 is 4.90 Å². The number of hydrogen-bond acceptors (Lipinski definition) is 6. The summed E-state index contributed by atoms with van der Waals surface area (Å²) in [6, 6.07) is 4.41. The average Bonchev–Trinajstić information content (AvgIpc) is 3.05. The third-order valence-electron chi connectivity index (χ3n) is 6.51. The molecule has 8 nitrogen and oxygen atoms in total. The van der Waals surface area contributed by atoms with Gasteiger partial charge in [0.25, 0.3) is 11.5 Å². The molecule has 36 heavy (non-hydrogen) atoms. The fourth-order valence-corrected chi connectivity index (χ4v) is 5.06. The Kier molecular flexibility index (Phi) is 5.33. The number of alkyl halides is 3. The van der Waals surface area contributed by atoms with Crippen molar-refractivity contribution in [3.63, 3.8) is 0 Å². The summed E-state index contributed by atoms with van der Waals surface area (Å²) >= 11 is 5.52. The van der Waals surface area contributed by atoms with Crippen molar-refractivity contribution in [3.05, 3.63) is 63.7 Å². The second kappa shape index (κ2) is 8.06. The normalized spacial score (nSPS) is 17.1. The summed E-state index contributed by atoms with van der Waals surface area (Å²) in [7, 11) is 0. The van der Waals surface area contributed by atoms with Crippen molar-refractivity contribution in [2.75, 3.05) is 9.80 Å². The van der Waals surface area contributed by atoms with Crippen molar-refractivity contribution in [1.29, 1.82) is 5.26 Å². The van der Waals surface area contributed by atoms with E-state index >= 15 is 4.39 Å². The Morgan fingerprint density at radius 1 is 1.19 bits per heavy atom. The molecule has 1 saturated heterocycles. The standard InChI is InChI=1S/C23H16F4N6O2S/c1-2-12-6-18(34)31-11-14(8-16(24)19(31)30-12)33-21(36)32(20(35)22(33)4-3-5-22)13-7-15(23(25,26)27)17(9-28)29-10-13/h6-8,10-11H,2-5H2,1H3. The van der Waals surface area contributed by atoms with E-state index in [9.17, 15) is 22.8 Å². The summed E-state index contributed by atoms with van der Waals surface area (Å²) in [5.41, 5.74) is -3.87. The molecule has 0 unspecified atom stereocenters. The SMILES string of the molecule is CCc1cc(=O)n2cc(N3C(=S)N(c4cnc(C#N)c(C(F)(F)F)c4)C(=O)C34CCC4)cc(F)c2n1. The third kappa shape index (κ3) is 3.35. The van der Waals surface area contributed by atoms with Crippen LogP contribution in [0.15, 0.2) is 35.4 Å². The lowest BCUT2D eigenvalue weighted by atomic mass is 9.75. The van der Waals surface area contributed by atoms with Crippen molar-refractivity contribution >= 4 is 40.3 Å². The first-order valence-corrected chi connectivity index (χ1v) is 11.3. The van der Waals surface area contributed by atoms with Gasteiger partial charge in [-0.05, 0) is 44.0 Å². The number of anilines is 2. The van der Waals surface area contributed by atoms with Gasteiger partial charge in [-0.1, -0.05) is 6.92 Å². The lowest BCUT2D eigenvalue weighted by molar-refractivity contribution is -0.138. The van der Waals surface area contributed by atoms with Crippen LogP contribution in [-0.4, -0.2) is 30.9 Å². The Morgan fingerprint density at radius 3 is 2.50 bits per heavy atom. The van der Waals surface area contributed by atoms with Gasteiger partial charge in [0.2, 0.25) is 0 Å². The first-order chi connectivity index (χ1) is 17.0. The molecule has 13 heteroatoms. The van der Waals surface area contributed by atoms with Crippen molar-refractivity contribution < 1.29 is 22.4 Å². The van der Waals surface area contributed by atoms with E-state index in [0.717, 1.165) is 21.6 Å². The van der Waals surface area contributed by atoms with Gasteiger partial charge in [0.15, 0.2) is 22.3 Å². The number of thiocarbonyl (C=S) groups is 1. The lowest BCUT2D eigenvalue weighted by Crippen LogP contribution is -2.55. The summed E-state index contributed by atoms with van der Waals surface area (Å²) in [6.45, 7) is 1.77. The number of halogens is 4. The van der Waals surface area contributed by atoms with Crippen LogP contribution >= 0.6 is 12.2 Å². The zero-order chi connectivity index (χ0) is 26.0. The molecule has 0 bridgehead atoms. The van der Waals surface area contributed by atoms with Crippen LogP contribution in [0, 0.1) is 17.1 Å². The molecular weight excluding hydrogens is 500 g/mol. The van der Waals surface area contributed by atoms with Gasteiger partial charge in [-0.25, -0.2) is 14.4 Å². The van der Waals surface area contributed by atoms with Crippen LogP contribution in [0.5, 0.6) is 0 Å². The molecule has 5 rings (SSSR count). The number of rotatable bonds is 3. The van der Waals surface area contributed by atoms with Gasteiger partial charge >= 0.3 is 6.18 Å². The summed E-state index contributed by atoms with van der Waals surface area (Å²) in [4.78, 5) is 36.2. The van der Waals surface area contributed by atoms with E-state index < -0.39 is 40.3 Å². The van der Waals surface area contributed by atoms with Crippen LogP contribution in [0.1, 0.15) is 43.1 Å². The molecule has 1 aliphatic heterocycles. The minimum absolute atomic E-state index is 0.0892. The fraction of sp³-hybridized carbons (Fsp3) is 0.304. The number of aromatic nitrogens is 3. The summed E-state index contributed by atoms with van der Waals surface area (Å²) in [5, 5.41) is 8.84. The largest absolute Gasteiger partial charge is 0.419 e. The molecule has 184 valence electrons. The topological polar surface area (TPSA) is 94.6 Å². The van der Waals surface area contributed by atoms with Crippen LogP contribution in [0.4, 0.5) is 28.9 Å². The maximum absolute atomic E-state index is 15.1. The summed E-state index contributed by atoms with van der Waals surface area (Å²) in [6.07, 6.45) is -0.910.